The van der Waals surface area contributed by atoms with Crippen molar-refractivity contribution in [1.29, 1.82) is 0 Å². The van der Waals surface area contributed by atoms with Gasteiger partial charge in [-0.2, -0.15) is 0 Å². The summed E-state index contributed by atoms with van der Waals surface area (Å²) in [5.74, 6) is 1.09. The van der Waals surface area contributed by atoms with E-state index in [-0.39, 0.29) is 0 Å². The van der Waals surface area contributed by atoms with Crippen molar-refractivity contribution in [3.05, 3.63) is 40.3 Å². The van der Waals surface area contributed by atoms with E-state index in [4.69, 9.17) is 0 Å². The molecule has 0 aliphatic carbocycles. The molecule has 0 fully saturated rings. The average Bonchev–Trinajstić information content (AvgIpc) is 2.62. The fourth-order valence-corrected chi connectivity index (χ4v) is 2.77. The van der Waals surface area contributed by atoms with E-state index in [9.17, 15) is 0 Å². The molecule has 0 bridgehead atoms. The molecule has 0 spiro atoms. The molecule has 0 unspecified atom stereocenters. The summed E-state index contributed by atoms with van der Waals surface area (Å²) in [6.07, 6.45) is 0.928. The van der Waals surface area contributed by atoms with Gasteiger partial charge in [0.2, 0.25) is 0 Å². The van der Waals surface area contributed by atoms with E-state index < -0.39 is 0 Å². The summed E-state index contributed by atoms with van der Waals surface area (Å²) >= 11 is 3.57. The van der Waals surface area contributed by atoms with Crippen molar-refractivity contribution in [3.8, 4) is 11.3 Å². The van der Waals surface area contributed by atoms with Gasteiger partial charge in [0.1, 0.15) is 10.4 Å². The molecule has 18 heavy (non-hydrogen) atoms. The van der Waals surface area contributed by atoms with E-state index >= 15 is 0 Å². The SMILES string of the molecule is CNCCc1nc(Br)c(-c2cccc(C)c2)n1C. The Morgan fingerprint density at radius 1 is 1.39 bits per heavy atom. The molecular weight excluding hydrogens is 290 g/mol. The van der Waals surface area contributed by atoms with Crippen LogP contribution in [0.2, 0.25) is 0 Å². The lowest BCUT2D eigenvalue weighted by atomic mass is 10.1. The summed E-state index contributed by atoms with van der Waals surface area (Å²) < 4.78 is 3.08. The summed E-state index contributed by atoms with van der Waals surface area (Å²) in [6.45, 7) is 3.04. The number of nitrogens with zero attached hydrogens (tertiary/aromatic N) is 2. The number of nitrogens with one attached hydrogen (secondary N) is 1. The van der Waals surface area contributed by atoms with Crippen LogP contribution in [0, 0.1) is 6.92 Å². The minimum atomic E-state index is 0.918. The van der Waals surface area contributed by atoms with Crippen LogP contribution in [0.15, 0.2) is 28.9 Å². The van der Waals surface area contributed by atoms with Crippen molar-refractivity contribution in [3.63, 3.8) is 0 Å². The van der Waals surface area contributed by atoms with Crippen LogP contribution >= 0.6 is 15.9 Å². The Bertz CT molecular complexity index is 546. The van der Waals surface area contributed by atoms with Gasteiger partial charge in [-0.3, -0.25) is 0 Å². The molecule has 1 aromatic carbocycles. The number of benzene rings is 1. The largest absolute Gasteiger partial charge is 0.330 e. The Hall–Kier alpha value is -1.13. The quantitative estimate of drug-likeness (QED) is 0.941. The van der Waals surface area contributed by atoms with Crippen molar-refractivity contribution >= 4 is 15.9 Å². The van der Waals surface area contributed by atoms with Crippen molar-refractivity contribution in [2.24, 2.45) is 7.05 Å². The van der Waals surface area contributed by atoms with Crippen LogP contribution in [0.3, 0.4) is 0 Å². The lowest BCUT2D eigenvalue weighted by Gasteiger charge is -2.07. The maximum absolute atomic E-state index is 4.59. The molecule has 4 heteroatoms. The minimum Gasteiger partial charge on any atom is -0.330 e. The van der Waals surface area contributed by atoms with Crippen LogP contribution in [-0.4, -0.2) is 23.1 Å². The Morgan fingerprint density at radius 3 is 2.83 bits per heavy atom. The second kappa shape index (κ2) is 5.67. The summed E-state index contributed by atoms with van der Waals surface area (Å²) in [5, 5.41) is 3.15. The highest BCUT2D eigenvalue weighted by Gasteiger charge is 2.13. The number of imidazole rings is 1. The fraction of sp³-hybridized carbons (Fsp3) is 0.357. The van der Waals surface area contributed by atoms with Crippen molar-refractivity contribution in [2.75, 3.05) is 13.6 Å². The third-order valence-electron chi connectivity index (χ3n) is 3.04. The van der Waals surface area contributed by atoms with Crippen LogP contribution in [0.1, 0.15) is 11.4 Å². The van der Waals surface area contributed by atoms with E-state index in [2.05, 4.69) is 69.0 Å². The number of halogens is 1. The summed E-state index contributed by atoms with van der Waals surface area (Å²) in [7, 11) is 4.03. The van der Waals surface area contributed by atoms with Crippen LogP contribution < -0.4 is 5.32 Å². The number of likely N-dealkylation sites (N-methyl/N-ethyl adjacent to an activating group) is 1. The fourth-order valence-electron chi connectivity index (χ4n) is 2.07. The molecule has 0 amide bonds. The zero-order valence-corrected chi connectivity index (χ0v) is 12.6. The first kappa shape index (κ1) is 13.3. The molecule has 96 valence electrons. The summed E-state index contributed by atoms with van der Waals surface area (Å²) in [4.78, 5) is 4.59. The van der Waals surface area contributed by atoms with E-state index in [1.807, 2.05) is 7.05 Å². The molecule has 0 saturated heterocycles. The van der Waals surface area contributed by atoms with Crippen LogP contribution in [0.25, 0.3) is 11.3 Å². The molecule has 1 N–H and O–H groups in total. The van der Waals surface area contributed by atoms with Gasteiger partial charge < -0.3 is 9.88 Å². The van der Waals surface area contributed by atoms with E-state index in [1.54, 1.807) is 0 Å². The maximum Gasteiger partial charge on any atom is 0.132 e. The molecule has 0 aliphatic heterocycles. The van der Waals surface area contributed by atoms with Gasteiger partial charge in [-0.25, -0.2) is 4.98 Å². The van der Waals surface area contributed by atoms with E-state index in [1.165, 1.54) is 11.1 Å². The predicted molar refractivity (Wildman–Crippen MR) is 78.7 cm³/mol. The smallest absolute Gasteiger partial charge is 0.132 e. The second-order valence-electron chi connectivity index (χ2n) is 4.45. The second-order valence-corrected chi connectivity index (χ2v) is 5.20. The molecule has 2 aromatic rings. The first-order valence-corrected chi connectivity index (χ1v) is 6.85. The van der Waals surface area contributed by atoms with Gasteiger partial charge in [-0.05, 0) is 36.0 Å². The maximum atomic E-state index is 4.59. The molecule has 0 saturated carbocycles. The van der Waals surface area contributed by atoms with Gasteiger partial charge in [0.15, 0.2) is 0 Å². The number of rotatable bonds is 4. The van der Waals surface area contributed by atoms with Gasteiger partial charge in [0, 0.05) is 25.6 Å². The Morgan fingerprint density at radius 2 is 2.17 bits per heavy atom. The predicted octanol–water partition coefficient (Wildman–Crippen LogP) is 2.92. The number of hydrogen-bond acceptors (Lipinski definition) is 2. The van der Waals surface area contributed by atoms with Crippen LogP contribution in [0.5, 0.6) is 0 Å². The van der Waals surface area contributed by atoms with Crippen LogP contribution in [-0.2, 0) is 13.5 Å². The highest BCUT2D eigenvalue weighted by atomic mass is 79.9. The first-order valence-electron chi connectivity index (χ1n) is 6.06. The lowest BCUT2D eigenvalue weighted by molar-refractivity contribution is 0.720. The molecule has 0 atom stereocenters. The zero-order valence-electron chi connectivity index (χ0n) is 11.0. The molecule has 1 heterocycles. The van der Waals surface area contributed by atoms with Gasteiger partial charge in [-0.15, -0.1) is 0 Å². The zero-order chi connectivity index (χ0) is 13.1. The van der Waals surface area contributed by atoms with Crippen molar-refractivity contribution in [1.82, 2.24) is 14.9 Å². The summed E-state index contributed by atoms with van der Waals surface area (Å²) in [6, 6.07) is 8.49. The number of aryl methyl sites for hydroxylation is 1. The van der Waals surface area contributed by atoms with Crippen LogP contribution in [0.4, 0.5) is 0 Å². The molecule has 1 aromatic heterocycles. The molecule has 0 aliphatic rings. The summed E-state index contributed by atoms with van der Waals surface area (Å²) in [5.41, 5.74) is 3.61. The first-order chi connectivity index (χ1) is 8.63. The lowest BCUT2D eigenvalue weighted by Crippen LogP contribution is -2.13. The average molecular weight is 308 g/mol. The number of aromatic nitrogens is 2. The highest BCUT2D eigenvalue weighted by molar-refractivity contribution is 9.10. The molecule has 2 rings (SSSR count). The van der Waals surface area contributed by atoms with E-state index in [0.717, 1.165) is 29.1 Å². The Labute approximate surface area is 116 Å². The van der Waals surface area contributed by atoms with Gasteiger partial charge >= 0.3 is 0 Å². The van der Waals surface area contributed by atoms with Gasteiger partial charge in [-0.1, -0.05) is 23.8 Å². The normalized spacial score (nSPS) is 10.9. The number of hydrogen-bond donors (Lipinski definition) is 1. The molecule has 3 nitrogen and oxygen atoms in total. The standard InChI is InChI=1S/C14H18BrN3/c1-10-5-4-6-11(9-10)13-14(15)17-12(18(13)3)7-8-16-2/h4-6,9,16H,7-8H2,1-3H3. The van der Waals surface area contributed by atoms with E-state index in [0.29, 0.717) is 0 Å². The molecule has 0 radical (unpaired) electrons. The third-order valence-corrected chi connectivity index (χ3v) is 3.59. The Balaban J connectivity index is 2.42. The highest BCUT2D eigenvalue weighted by Crippen LogP contribution is 2.29. The van der Waals surface area contributed by atoms with Gasteiger partial charge in [0.25, 0.3) is 0 Å². The Kier molecular flexibility index (Phi) is 4.19. The topological polar surface area (TPSA) is 29.9 Å². The van der Waals surface area contributed by atoms with Crippen molar-refractivity contribution in [2.45, 2.75) is 13.3 Å². The minimum absolute atomic E-state index is 0.918. The monoisotopic (exact) mass is 307 g/mol. The molecular formula is C14H18BrN3. The van der Waals surface area contributed by atoms with Crippen molar-refractivity contribution < 1.29 is 0 Å². The van der Waals surface area contributed by atoms with Gasteiger partial charge in [0.05, 0.1) is 5.69 Å². The third kappa shape index (κ3) is 2.65.